The van der Waals surface area contributed by atoms with Gasteiger partial charge in [0.05, 0.1) is 11.1 Å². The molecule has 1 aromatic heterocycles. The Balaban J connectivity index is 2.10. The van der Waals surface area contributed by atoms with E-state index in [1.807, 2.05) is 24.3 Å². The van der Waals surface area contributed by atoms with Crippen LogP contribution in [-0.2, 0) is 0 Å². The van der Waals surface area contributed by atoms with E-state index in [1.165, 1.54) is 0 Å². The first-order valence-corrected chi connectivity index (χ1v) is 6.48. The molecule has 0 aliphatic heterocycles. The molecule has 0 bridgehead atoms. The first-order valence-electron chi connectivity index (χ1n) is 6.48. The van der Waals surface area contributed by atoms with Gasteiger partial charge in [0.15, 0.2) is 0 Å². The highest BCUT2D eigenvalue weighted by molar-refractivity contribution is 5.85. The fraction of sp³-hybridized carbons (Fsp3) is 0.333. The van der Waals surface area contributed by atoms with Gasteiger partial charge in [-0.3, -0.25) is 0 Å². The lowest BCUT2D eigenvalue weighted by Crippen LogP contribution is -2.21. The van der Waals surface area contributed by atoms with Crippen LogP contribution >= 0.6 is 0 Å². The molecule has 0 aliphatic rings. The molecule has 1 N–H and O–H groups in total. The molecule has 4 heteroatoms. The van der Waals surface area contributed by atoms with Gasteiger partial charge in [0.1, 0.15) is 12.7 Å². The van der Waals surface area contributed by atoms with Crippen LogP contribution < -0.4 is 10.1 Å². The molecule has 2 aromatic rings. The highest BCUT2D eigenvalue weighted by atomic mass is 16.5. The lowest BCUT2D eigenvalue weighted by Gasteiger charge is -2.08. The standard InChI is InChI=1S/C15H17N3O/c1-2-7-17-8-9-19-15-10-12(11-16)13-5-3-4-6-14(13)18-15/h3-6,10,17H,2,7-9H2,1H3. The number of nitrogens with one attached hydrogen (secondary N) is 1. The summed E-state index contributed by atoms with van der Waals surface area (Å²) in [5.74, 6) is 0.508. The third kappa shape index (κ3) is 3.43. The number of aromatic nitrogens is 1. The van der Waals surface area contributed by atoms with Crippen molar-refractivity contribution in [3.05, 3.63) is 35.9 Å². The van der Waals surface area contributed by atoms with Crippen molar-refractivity contribution in [1.82, 2.24) is 10.3 Å². The molecule has 98 valence electrons. The predicted octanol–water partition coefficient (Wildman–Crippen LogP) is 2.48. The molecule has 4 nitrogen and oxygen atoms in total. The van der Waals surface area contributed by atoms with Crippen molar-refractivity contribution in [2.45, 2.75) is 13.3 Å². The van der Waals surface area contributed by atoms with Crippen LogP contribution in [0.5, 0.6) is 5.88 Å². The number of hydrogen-bond acceptors (Lipinski definition) is 4. The molecule has 19 heavy (non-hydrogen) atoms. The highest BCUT2D eigenvalue weighted by Crippen LogP contribution is 2.21. The summed E-state index contributed by atoms with van der Waals surface area (Å²) >= 11 is 0. The van der Waals surface area contributed by atoms with Crippen LogP contribution in [-0.4, -0.2) is 24.7 Å². The van der Waals surface area contributed by atoms with Crippen LogP contribution in [0.2, 0.25) is 0 Å². The topological polar surface area (TPSA) is 57.9 Å². The largest absolute Gasteiger partial charge is 0.476 e. The number of para-hydroxylation sites is 1. The lowest BCUT2D eigenvalue weighted by molar-refractivity contribution is 0.303. The zero-order valence-corrected chi connectivity index (χ0v) is 11.0. The Morgan fingerprint density at radius 3 is 2.95 bits per heavy atom. The van der Waals surface area contributed by atoms with E-state index in [9.17, 15) is 0 Å². The van der Waals surface area contributed by atoms with Gasteiger partial charge in [0.25, 0.3) is 0 Å². The summed E-state index contributed by atoms with van der Waals surface area (Å²) in [5, 5.41) is 13.3. The lowest BCUT2D eigenvalue weighted by atomic mass is 10.1. The molecular weight excluding hydrogens is 238 g/mol. The average molecular weight is 255 g/mol. The molecule has 0 unspecified atom stereocenters. The zero-order chi connectivity index (χ0) is 13.5. The molecular formula is C15H17N3O. The number of nitrogens with zero attached hydrogens (tertiary/aromatic N) is 2. The van der Waals surface area contributed by atoms with Gasteiger partial charge in [-0.25, -0.2) is 4.98 Å². The Kier molecular flexibility index (Phi) is 4.71. The second kappa shape index (κ2) is 6.72. The third-order valence-electron chi connectivity index (χ3n) is 2.77. The molecule has 0 saturated heterocycles. The van der Waals surface area contributed by atoms with Gasteiger partial charge in [-0.05, 0) is 19.0 Å². The van der Waals surface area contributed by atoms with E-state index in [2.05, 4.69) is 23.3 Å². The summed E-state index contributed by atoms with van der Waals surface area (Å²) in [6.45, 7) is 4.44. The second-order valence-electron chi connectivity index (χ2n) is 4.24. The number of ether oxygens (including phenoxy) is 1. The molecule has 0 radical (unpaired) electrons. The summed E-state index contributed by atoms with van der Waals surface area (Å²) in [7, 11) is 0. The minimum absolute atomic E-state index is 0.508. The smallest absolute Gasteiger partial charge is 0.215 e. The van der Waals surface area contributed by atoms with E-state index in [1.54, 1.807) is 6.07 Å². The fourth-order valence-corrected chi connectivity index (χ4v) is 1.85. The number of benzene rings is 1. The van der Waals surface area contributed by atoms with Gasteiger partial charge in [-0.15, -0.1) is 0 Å². The molecule has 2 rings (SSSR count). The molecule has 0 amide bonds. The van der Waals surface area contributed by atoms with Gasteiger partial charge in [0, 0.05) is 18.0 Å². The van der Waals surface area contributed by atoms with Crippen LogP contribution in [0.15, 0.2) is 30.3 Å². The van der Waals surface area contributed by atoms with Crippen LogP contribution in [0, 0.1) is 11.3 Å². The first-order chi connectivity index (χ1) is 9.35. The van der Waals surface area contributed by atoms with Crippen molar-refractivity contribution < 1.29 is 4.74 Å². The van der Waals surface area contributed by atoms with Crippen molar-refractivity contribution in [3.8, 4) is 11.9 Å². The van der Waals surface area contributed by atoms with Crippen LogP contribution in [0.4, 0.5) is 0 Å². The quantitative estimate of drug-likeness (QED) is 0.806. The van der Waals surface area contributed by atoms with E-state index in [4.69, 9.17) is 10.00 Å². The Hall–Kier alpha value is -2.12. The molecule has 0 saturated carbocycles. The van der Waals surface area contributed by atoms with E-state index in [0.717, 1.165) is 30.4 Å². The second-order valence-corrected chi connectivity index (χ2v) is 4.24. The molecule has 1 aromatic carbocycles. The van der Waals surface area contributed by atoms with Crippen molar-refractivity contribution in [3.63, 3.8) is 0 Å². The normalized spacial score (nSPS) is 10.3. The van der Waals surface area contributed by atoms with Gasteiger partial charge in [-0.1, -0.05) is 25.1 Å². The minimum Gasteiger partial charge on any atom is -0.476 e. The monoisotopic (exact) mass is 255 g/mol. The summed E-state index contributed by atoms with van der Waals surface area (Å²) < 4.78 is 5.58. The molecule has 0 fully saturated rings. The summed E-state index contributed by atoms with van der Waals surface area (Å²) in [5.41, 5.74) is 1.39. The average Bonchev–Trinajstić information content (AvgIpc) is 2.46. The van der Waals surface area contributed by atoms with Crippen LogP contribution in [0.1, 0.15) is 18.9 Å². The number of nitriles is 1. The number of hydrogen-bond donors (Lipinski definition) is 1. The van der Waals surface area contributed by atoms with E-state index >= 15 is 0 Å². The SMILES string of the molecule is CCCNCCOc1cc(C#N)c2ccccc2n1. The Morgan fingerprint density at radius 1 is 1.32 bits per heavy atom. The van der Waals surface area contributed by atoms with Gasteiger partial charge in [-0.2, -0.15) is 5.26 Å². The van der Waals surface area contributed by atoms with Crippen LogP contribution in [0.25, 0.3) is 10.9 Å². The van der Waals surface area contributed by atoms with Gasteiger partial charge >= 0.3 is 0 Å². The highest BCUT2D eigenvalue weighted by Gasteiger charge is 2.05. The van der Waals surface area contributed by atoms with Crippen molar-refractivity contribution in [2.75, 3.05) is 19.7 Å². The number of fused-ring (bicyclic) bond motifs is 1. The molecule has 0 atom stereocenters. The number of rotatable bonds is 6. The number of pyridine rings is 1. The van der Waals surface area contributed by atoms with E-state index < -0.39 is 0 Å². The fourth-order valence-electron chi connectivity index (χ4n) is 1.85. The summed E-state index contributed by atoms with van der Waals surface area (Å²) in [6.07, 6.45) is 1.10. The van der Waals surface area contributed by atoms with Crippen molar-refractivity contribution in [1.29, 1.82) is 5.26 Å². The molecule has 0 aliphatic carbocycles. The predicted molar refractivity (Wildman–Crippen MR) is 75.1 cm³/mol. The zero-order valence-electron chi connectivity index (χ0n) is 11.0. The van der Waals surface area contributed by atoms with E-state index in [0.29, 0.717) is 18.1 Å². The third-order valence-corrected chi connectivity index (χ3v) is 2.77. The van der Waals surface area contributed by atoms with Crippen LogP contribution in [0.3, 0.4) is 0 Å². The van der Waals surface area contributed by atoms with Gasteiger partial charge < -0.3 is 10.1 Å². The first kappa shape index (κ1) is 13.3. The minimum atomic E-state index is 0.508. The maximum Gasteiger partial charge on any atom is 0.215 e. The maximum absolute atomic E-state index is 9.16. The van der Waals surface area contributed by atoms with Gasteiger partial charge in [0.2, 0.25) is 5.88 Å². The summed E-state index contributed by atoms with van der Waals surface area (Å²) in [4.78, 5) is 4.40. The summed E-state index contributed by atoms with van der Waals surface area (Å²) in [6, 6.07) is 11.5. The Bertz CT molecular complexity index is 589. The van der Waals surface area contributed by atoms with Crippen molar-refractivity contribution in [2.24, 2.45) is 0 Å². The van der Waals surface area contributed by atoms with E-state index in [-0.39, 0.29) is 0 Å². The Labute approximate surface area is 113 Å². The molecule has 1 heterocycles. The van der Waals surface area contributed by atoms with Crippen molar-refractivity contribution >= 4 is 10.9 Å². The molecule has 0 spiro atoms. The Morgan fingerprint density at radius 2 is 2.16 bits per heavy atom. The maximum atomic E-state index is 9.16.